The summed E-state index contributed by atoms with van der Waals surface area (Å²) in [5.41, 5.74) is 4.72. The number of pyridine rings is 1. The molecule has 3 aliphatic rings. The molecular weight excluding hydrogens is 468 g/mol. The number of H-pyrrole nitrogens is 1. The second-order valence-electron chi connectivity index (χ2n) is 10.2. The van der Waals surface area contributed by atoms with Gasteiger partial charge in [-0.3, -0.25) is 14.8 Å². The standard InChI is InChI=1S/C28H34N6O3/c35-28(29-8-4-19-5-9-34(10-6-19)23-17-36-18-23)21-3-1-2-20(12-21)13-30-27-24-7-11-37-26(24)25(16-31-27)22-14-32-33-15-22/h1-3,12,14-16,19,23H,4-11,13,17-18H2,(H,29,35)(H,30,31)(H,32,33). The Morgan fingerprint density at radius 1 is 1.19 bits per heavy atom. The van der Waals surface area contributed by atoms with Gasteiger partial charge in [0.05, 0.1) is 32.1 Å². The van der Waals surface area contributed by atoms with Crippen molar-refractivity contribution >= 4 is 11.7 Å². The number of ether oxygens (including phenoxy) is 2. The number of aromatic amines is 1. The number of nitrogens with one attached hydrogen (secondary N) is 3. The van der Waals surface area contributed by atoms with Crippen LogP contribution in [0.2, 0.25) is 0 Å². The van der Waals surface area contributed by atoms with Crippen LogP contribution in [0.5, 0.6) is 5.75 Å². The molecule has 2 saturated heterocycles. The van der Waals surface area contributed by atoms with Gasteiger partial charge in [0.25, 0.3) is 5.91 Å². The number of benzene rings is 1. The number of aromatic nitrogens is 3. The van der Waals surface area contributed by atoms with Gasteiger partial charge in [0.2, 0.25) is 0 Å². The summed E-state index contributed by atoms with van der Waals surface area (Å²) in [6.07, 6.45) is 9.71. The first-order valence-corrected chi connectivity index (χ1v) is 13.3. The Balaban J connectivity index is 1.00. The summed E-state index contributed by atoms with van der Waals surface area (Å²) >= 11 is 0. The Bertz CT molecular complexity index is 1220. The first kappa shape index (κ1) is 23.9. The molecule has 1 amide bonds. The number of likely N-dealkylation sites (tertiary alicyclic amines) is 1. The van der Waals surface area contributed by atoms with E-state index in [0.717, 1.165) is 79.5 Å². The summed E-state index contributed by atoms with van der Waals surface area (Å²) in [4.78, 5) is 20.0. The molecule has 37 heavy (non-hydrogen) atoms. The lowest BCUT2D eigenvalue weighted by molar-refractivity contribution is -0.0739. The van der Waals surface area contributed by atoms with E-state index in [1.807, 2.05) is 36.7 Å². The molecule has 9 nitrogen and oxygen atoms in total. The van der Waals surface area contributed by atoms with Crippen LogP contribution in [-0.4, -0.2) is 71.5 Å². The Morgan fingerprint density at radius 2 is 2.08 bits per heavy atom. The Labute approximate surface area is 217 Å². The van der Waals surface area contributed by atoms with E-state index in [1.54, 1.807) is 6.20 Å². The number of fused-ring (bicyclic) bond motifs is 1. The van der Waals surface area contributed by atoms with E-state index in [0.29, 0.717) is 30.7 Å². The number of hydrogen-bond acceptors (Lipinski definition) is 7. The quantitative estimate of drug-likeness (QED) is 0.413. The molecule has 0 spiro atoms. The molecule has 0 radical (unpaired) electrons. The average Bonchev–Trinajstić information content (AvgIpc) is 3.60. The van der Waals surface area contributed by atoms with E-state index in [1.165, 1.54) is 12.8 Å². The van der Waals surface area contributed by atoms with Crippen molar-refractivity contribution < 1.29 is 14.3 Å². The summed E-state index contributed by atoms with van der Waals surface area (Å²) in [7, 11) is 0. The zero-order valence-corrected chi connectivity index (χ0v) is 21.0. The molecule has 2 aromatic heterocycles. The van der Waals surface area contributed by atoms with Crippen molar-refractivity contribution in [3.05, 3.63) is 59.5 Å². The largest absolute Gasteiger partial charge is 0.492 e. The third-order valence-electron chi connectivity index (χ3n) is 7.81. The van der Waals surface area contributed by atoms with E-state index in [9.17, 15) is 4.79 Å². The van der Waals surface area contributed by atoms with E-state index in [2.05, 4.69) is 30.7 Å². The van der Waals surface area contributed by atoms with Gasteiger partial charge in [-0.15, -0.1) is 0 Å². The minimum atomic E-state index is -0.0113. The Morgan fingerprint density at radius 3 is 2.86 bits per heavy atom. The smallest absolute Gasteiger partial charge is 0.251 e. The highest BCUT2D eigenvalue weighted by Crippen LogP contribution is 2.39. The number of hydrogen-bond donors (Lipinski definition) is 3. The molecule has 194 valence electrons. The number of carbonyl (C=O) groups is 1. The SMILES string of the molecule is O=C(NCCC1CCN(C2COC2)CC1)c1cccc(CNc2ncc(-c3cn[nH]c3)c3c2CCO3)c1. The summed E-state index contributed by atoms with van der Waals surface area (Å²) in [6.45, 7) is 6.02. The highest BCUT2D eigenvalue weighted by molar-refractivity contribution is 5.94. The van der Waals surface area contributed by atoms with Gasteiger partial charge < -0.3 is 20.1 Å². The zero-order valence-electron chi connectivity index (χ0n) is 21.0. The highest BCUT2D eigenvalue weighted by atomic mass is 16.5. The number of rotatable bonds is 9. The number of amides is 1. The van der Waals surface area contributed by atoms with Gasteiger partial charge in [0.1, 0.15) is 11.6 Å². The fourth-order valence-corrected chi connectivity index (χ4v) is 5.48. The summed E-state index contributed by atoms with van der Waals surface area (Å²) in [6, 6.07) is 8.43. The first-order valence-electron chi connectivity index (χ1n) is 13.3. The maximum absolute atomic E-state index is 12.8. The van der Waals surface area contributed by atoms with E-state index in [-0.39, 0.29) is 5.91 Å². The number of piperidine rings is 1. The first-order chi connectivity index (χ1) is 18.2. The number of anilines is 1. The molecule has 1 aromatic carbocycles. The maximum atomic E-state index is 12.8. The van der Waals surface area contributed by atoms with Crippen LogP contribution in [0.25, 0.3) is 11.1 Å². The number of carbonyl (C=O) groups excluding carboxylic acids is 1. The Kier molecular flexibility index (Phi) is 7.05. The van der Waals surface area contributed by atoms with Crippen molar-refractivity contribution in [3.63, 3.8) is 0 Å². The second-order valence-corrected chi connectivity index (χ2v) is 10.2. The topological polar surface area (TPSA) is 104 Å². The molecular formula is C28H34N6O3. The lowest BCUT2D eigenvalue weighted by Crippen LogP contribution is -2.51. The predicted molar refractivity (Wildman–Crippen MR) is 141 cm³/mol. The van der Waals surface area contributed by atoms with Crippen LogP contribution in [0.15, 0.2) is 42.9 Å². The lowest BCUT2D eigenvalue weighted by atomic mass is 9.92. The van der Waals surface area contributed by atoms with Gasteiger partial charge in [-0.05, 0) is 56.0 Å². The van der Waals surface area contributed by atoms with E-state index in [4.69, 9.17) is 9.47 Å². The van der Waals surface area contributed by atoms with E-state index >= 15 is 0 Å². The Hall–Kier alpha value is -3.43. The molecule has 0 saturated carbocycles. The molecule has 3 aliphatic heterocycles. The second kappa shape index (κ2) is 10.9. The zero-order chi connectivity index (χ0) is 25.0. The predicted octanol–water partition coefficient (Wildman–Crippen LogP) is 3.25. The molecule has 2 fully saturated rings. The minimum Gasteiger partial charge on any atom is -0.492 e. The fraction of sp³-hybridized carbons (Fsp3) is 0.464. The van der Waals surface area contributed by atoms with Gasteiger partial charge in [0, 0.05) is 54.2 Å². The van der Waals surface area contributed by atoms with Gasteiger partial charge >= 0.3 is 0 Å². The summed E-state index contributed by atoms with van der Waals surface area (Å²) in [5.74, 6) is 2.37. The molecule has 6 rings (SSSR count). The van der Waals surface area contributed by atoms with Crippen LogP contribution in [0.4, 0.5) is 5.82 Å². The number of nitrogens with zero attached hydrogens (tertiary/aromatic N) is 3. The summed E-state index contributed by atoms with van der Waals surface area (Å²) in [5, 5.41) is 13.5. The van der Waals surface area contributed by atoms with Gasteiger partial charge in [-0.25, -0.2) is 4.98 Å². The van der Waals surface area contributed by atoms with Crippen LogP contribution in [0.3, 0.4) is 0 Å². The normalized spacial score (nSPS) is 18.2. The molecule has 3 aromatic rings. The fourth-order valence-electron chi connectivity index (χ4n) is 5.48. The van der Waals surface area contributed by atoms with Crippen LogP contribution < -0.4 is 15.4 Å². The lowest BCUT2D eigenvalue weighted by Gasteiger charge is -2.41. The summed E-state index contributed by atoms with van der Waals surface area (Å²) < 4.78 is 11.2. The van der Waals surface area contributed by atoms with Crippen molar-refractivity contribution in [2.75, 3.05) is 44.8 Å². The van der Waals surface area contributed by atoms with Crippen molar-refractivity contribution in [2.24, 2.45) is 5.92 Å². The van der Waals surface area contributed by atoms with Crippen molar-refractivity contribution in [2.45, 2.75) is 38.3 Å². The molecule has 5 heterocycles. The van der Waals surface area contributed by atoms with Gasteiger partial charge in [0.15, 0.2) is 0 Å². The van der Waals surface area contributed by atoms with Gasteiger partial charge in [-0.1, -0.05) is 12.1 Å². The van der Waals surface area contributed by atoms with Crippen LogP contribution in [0.1, 0.15) is 40.7 Å². The van der Waals surface area contributed by atoms with Crippen LogP contribution >= 0.6 is 0 Å². The maximum Gasteiger partial charge on any atom is 0.251 e. The van der Waals surface area contributed by atoms with Crippen LogP contribution in [0, 0.1) is 5.92 Å². The molecule has 0 bridgehead atoms. The average molecular weight is 503 g/mol. The van der Waals surface area contributed by atoms with Crippen molar-refractivity contribution in [1.29, 1.82) is 0 Å². The monoisotopic (exact) mass is 502 g/mol. The highest BCUT2D eigenvalue weighted by Gasteiger charge is 2.29. The minimum absolute atomic E-state index is 0.0113. The van der Waals surface area contributed by atoms with Crippen molar-refractivity contribution in [1.82, 2.24) is 25.4 Å². The molecule has 0 aliphatic carbocycles. The molecule has 0 unspecified atom stereocenters. The van der Waals surface area contributed by atoms with E-state index < -0.39 is 0 Å². The van der Waals surface area contributed by atoms with Crippen molar-refractivity contribution in [3.8, 4) is 16.9 Å². The molecule has 9 heteroatoms. The van der Waals surface area contributed by atoms with Gasteiger partial charge in [-0.2, -0.15) is 5.10 Å². The third kappa shape index (κ3) is 5.33. The molecule has 0 atom stereocenters. The molecule has 3 N–H and O–H groups in total. The third-order valence-corrected chi connectivity index (χ3v) is 7.81. The van der Waals surface area contributed by atoms with Crippen LogP contribution in [-0.2, 0) is 17.7 Å².